The van der Waals surface area contributed by atoms with E-state index in [-0.39, 0.29) is 12.5 Å². The summed E-state index contributed by atoms with van der Waals surface area (Å²) in [5.74, 6) is -0.485. The van der Waals surface area contributed by atoms with Crippen molar-refractivity contribution in [3.63, 3.8) is 0 Å². The van der Waals surface area contributed by atoms with Crippen molar-refractivity contribution in [1.82, 2.24) is 0 Å². The molecule has 0 aliphatic heterocycles. The van der Waals surface area contributed by atoms with Gasteiger partial charge in [0, 0.05) is 19.8 Å². The van der Waals surface area contributed by atoms with Gasteiger partial charge in [0.05, 0.1) is 5.41 Å². The van der Waals surface area contributed by atoms with E-state index in [4.69, 9.17) is 10.5 Å². The maximum absolute atomic E-state index is 11.3. The van der Waals surface area contributed by atoms with Crippen molar-refractivity contribution in [1.29, 1.82) is 0 Å². The monoisotopic (exact) mass is 229 g/mol. The van der Waals surface area contributed by atoms with Crippen LogP contribution in [0.1, 0.15) is 39.0 Å². The van der Waals surface area contributed by atoms with Crippen molar-refractivity contribution in [3.05, 3.63) is 0 Å². The number of aliphatic carboxylic acids is 1. The van der Waals surface area contributed by atoms with Crippen molar-refractivity contribution in [3.8, 4) is 0 Å². The average molecular weight is 229 g/mol. The first kappa shape index (κ1) is 13.5. The fourth-order valence-corrected chi connectivity index (χ4v) is 2.08. The first-order valence-electron chi connectivity index (χ1n) is 6.18. The van der Waals surface area contributed by atoms with Gasteiger partial charge in [-0.15, -0.1) is 0 Å². The molecule has 0 aromatic rings. The van der Waals surface area contributed by atoms with Gasteiger partial charge in [0.2, 0.25) is 0 Å². The second-order valence-corrected chi connectivity index (χ2v) is 4.66. The van der Waals surface area contributed by atoms with Gasteiger partial charge < -0.3 is 15.6 Å². The van der Waals surface area contributed by atoms with Crippen LogP contribution in [0.3, 0.4) is 0 Å². The summed E-state index contributed by atoms with van der Waals surface area (Å²) in [5.41, 5.74) is 4.92. The molecule has 1 unspecified atom stereocenters. The van der Waals surface area contributed by atoms with Gasteiger partial charge in [-0.1, -0.05) is 13.3 Å². The molecule has 1 atom stereocenters. The summed E-state index contributed by atoms with van der Waals surface area (Å²) < 4.78 is 5.44. The van der Waals surface area contributed by atoms with Gasteiger partial charge >= 0.3 is 5.97 Å². The van der Waals surface area contributed by atoms with E-state index in [0.29, 0.717) is 13.0 Å². The molecule has 4 nitrogen and oxygen atoms in total. The Kier molecular flexibility index (Phi) is 5.22. The smallest absolute Gasteiger partial charge is 0.311 e. The molecule has 1 saturated carbocycles. The van der Waals surface area contributed by atoms with E-state index < -0.39 is 11.4 Å². The van der Waals surface area contributed by atoms with Crippen LogP contribution in [-0.2, 0) is 9.53 Å². The van der Waals surface area contributed by atoms with Crippen molar-refractivity contribution in [2.45, 2.75) is 39.0 Å². The normalized spacial score (nSPS) is 19.4. The maximum Gasteiger partial charge on any atom is 0.311 e. The van der Waals surface area contributed by atoms with Gasteiger partial charge in [0.1, 0.15) is 0 Å². The Morgan fingerprint density at radius 1 is 1.50 bits per heavy atom. The molecule has 0 heterocycles. The predicted octanol–water partition coefficient (Wildman–Crippen LogP) is 1.63. The Bertz CT molecular complexity index is 228. The van der Waals surface area contributed by atoms with Crippen LogP contribution in [0.25, 0.3) is 0 Å². The quantitative estimate of drug-likeness (QED) is 0.589. The van der Waals surface area contributed by atoms with Gasteiger partial charge in [0.15, 0.2) is 0 Å². The summed E-state index contributed by atoms with van der Waals surface area (Å²) in [4.78, 5) is 11.3. The number of rotatable bonds is 9. The van der Waals surface area contributed by atoms with Crippen LogP contribution in [0.5, 0.6) is 0 Å². The predicted molar refractivity (Wildman–Crippen MR) is 62.2 cm³/mol. The molecular formula is C12H23NO3. The maximum atomic E-state index is 11.3. The number of carboxylic acids is 1. The number of nitrogens with two attached hydrogens (primary N) is 1. The SMILES string of the molecule is CCCCOCCC(CN)(C(=O)O)C1CC1. The third kappa shape index (κ3) is 3.19. The van der Waals surface area contributed by atoms with Crippen molar-refractivity contribution >= 4 is 5.97 Å². The van der Waals surface area contributed by atoms with Gasteiger partial charge in [-0.3, -0.25) is 4.79 Å². The highest BCUT2D eigenvalue weighted by molar-refractivity contribution is 5.76. The third-order valence-corrected chi connectivity index (χ3v) is 3.48. The molecule has 0 saturated heterocycles. The summed E-state index contributed by atoms with van der Waals surface area (Å²) in [6.45, 7) is 3.57. The minimum Gasteiger partial charge on any atom is -0.481 e. The molecule has 1 fully saturated rings. The number of hydrogen-bond donors (Lipinski definition) is 2. The molecule has 0 radical (unpaired) electrons. The highest BCUT2D eigenvalue weighted by Gasteiger charge is 2.49. The Labute approximate surface area is 97.2 Å². The lowest BCUT2D eigenvalue weighted by molar-refractivity contribution is -0.151. The average Bonchev–Trinajstić information content (AvgIpc) is 3.07. The standard InChI is InChI=1S/C12H23NO3/c1-2-3-7-16-8-6-12(9-13,11(14)15)10-4-5-10/h10H,2-9,13H2,1H3,(H,14,15). The number of ether oxygens (including phenoxy) is 1. The summed E-state index contributed by atoms with van der Waals surface area (Å²) in [6.07, 6.45) is 4.68. The number of unbranched alkanes of at least 4 members (excludes halogenated alkanes) is 1. The van der Waals surface area contributed by atoms with Crippen LogP contribution in [0.15, 0.2) is 0 Å². The zero-order valence-electron chi connectivity index (χ0n) is 10.1. The van der Waals surface area contributed by atoms with Crippen LogP contribution in [0.4, 0.5) is 0 Å². The molecule has 1 aliphatic rings. The molecule has 94 valence electrons. The zero-order valence-corrected chi connectivity index (χ0v) is 10.1. The fraction of sp³-hybridized carbons (Fsp3) is 0.917. The molecule has 3 N–H and O–H groups in total. The summed E-state index contributed by atoms with van der Waals surface area (Å²) in [6, 6.07) is 0. The van der Waals surface area contributed by atoms with Crippen LogP contribution < -0.4 is 5.73 Å². The lowest BCUT2D eigenvalue weighted by Crippen LogP contribution is -2.41. The van der Waals surface area contributed by atoms with Crippen LogP contribution >= 0.6 is 0 Å². The molecule has 0 aromatic carbocycles. The Morgan fingerprint density at radius 3 is 2.62 bits per heavy atom. The number of hydrogen-bond acceptors (Lipinski definition) is 3. The first-order valence-corrected chi connectivity index (χ1v) is 6.18. The van der Waals surface area contributed by atoms with Crippen molar-refractivity contribution < 1.29 is 14.6 Å². The second-order valence-electron chi connectivity index (χ2n) is 4.66. The van der Waals surface area contributed by atoms with E-state index in [0.717, 1.165) is 32.3 Å². The molecule has 0 bridgehead atoms. The molecule has 1 aliphatic carbocycles. The number of carbonyl (C=O) groups is 1. The van der Waals surface area contributed by atoms with Crippen LogP contribution in [-0.4, -0.2) is 30.8 Å². The second kappa shape index (κ2) is 6.21. The van der Waals surface area contributed by atoms with E-state index in [1.807, 2.05) is 0 Å². The van der Waals surface area contributed by atoms with E-state index in [1.165, 1.54) is 0 Å². The summed E-state index contributed by atoms with van der Waals surface area (Å²) in [5, 5.41) is 9.30. The molecular weight excluding hydrogens is 206 g/mol. The minimum absolute atomic E-state index is 0.226. The summed E-state index contributed by atoms with van der Waals surface area (Å²) >= 11 is 0. The topological polar surface area (TPSA) is 72.5 Å². The Balaban J connectivity index is 2.35. The molecule has 0 aromatic heterocycles. The molecule has 0 spiro atoms. The van der Waals surface area contributed by atoms with Gasteiger partial charge in [-0.25, -0.2) is 0 Å². The highest BCUT2D eigenvalue weighted by Crippen LogP contribution is 2.47. The summed E-state index contributed by atoms with van der Waals surface area (Å²) in [7, 11) is 0. The molecule has 4 heteroatoms. The molecule has 16 heavy (non-hydrogen) atoms. The largest absolute Gasteiger partial charge is 0.481 e. The van der Waals surface area contributed by atoms with Crippen LogP contribution in [0, 0.1) is 11.3 Å². The van der Waals surface area contributed by atoms with E-state index in [9.17, 15) is 9.90 Å². The van der Waals surface area contributed by atoms with Gasteiger partial charge in [0.25, 0.3) is 0 Å². The minimum atomic E-state index is -0.753. The van der Waals surface area contributed by atoms with Gasteiger partial charge in [-0.05, 0) is 31.6 Å². The lowest BCUT2D eigenvalue weighted by atomic mass is 9.80. The van der Waals surface area contributed by atoms with Crippen molar-refractivity contribution in [2.24, 2.45) is 17.1 Å². The van der Waals surface area contributed by atoms with Gasteiger partial charge in [-0.2, -0.15) is 0 Å². The lowest BCUT2D eigenvalue weighted by Gasteiger charge is -2.27. The van der Waals surface area contributed by atoms with E-state index in [2.05, 4.69) is 6.92 Å². The zero-order chi connectivity index (χ0) is 12.0. The molecule has 1 rings (SSSR count). The third-order valence-electron chi connectivity index (χ3n) is 3.48. The highest BCUT2D eigenvalue weighted by atomic mass is 16.5. The van der Waals surface area contributed by atoms with E-state index in [1.54, 1.807) is 0 Å². The van der Waals surface area contributed by atoms with Crippen molar-refractivity contribution in [2.75, 3.05) is 19.8 Å². The van der Waals surface area contributed by atoms with Crippen LogP contribution in [0.2, 0.25) is 0 Å². The number of carboxylic acid groups (broad SMARTS) is 1. The Hall–Kier alpha value is -0.610. The Morgan fingerprint density at radius 2 is 2.19 bits per heavy atom. The first-order chi connectivity index (χ1) is 7.67. The fourth-order valence-electron chi connectivity index (χ4n) is 2.08. The molecule has 0 amide bonds. The van der Waals surface area contributed by atoms with E-state index >= 15 is 0 Å².